The van der Waals surface area contributed by atoms with E-state index in [1.165, 1.54) is 48.8 Å². The van der Waals surface area contributed by atoms with Crippen LogP contribution in [-0.4, -0.2) is 25.1 Å². The summed E-state index contributed by atoms with van der Waals surface area (Å²) >= 11 is 1.85. The zero-order chi connectivity index (χ0) is 11.7. The largest absolute Gasteiger partial charge is 0.348 e. The van der Waals surface area contributed by atoms with Crippen LogP contribution in [0.2, 0.25) is 0 Å². The molecule has 2 heterocycles. The van der Waals surface area contributed by atoms with Gasteiger partial charge in [-0.05, 0) is 38.1 Å². The summed E-state index contributed by atoms with van der Waals surface area (Å²) in [4.78, 5) is 8.47. The van der Waals surface area contributed by atoms with Crippen LogP contribution >= 0.6 is 11.3 Å². The van der Waals surface area contributed by atoms with Crippen LogP contribution < -0.4 is 10.2 Å². The number of nitrogens with one attached hydrogen (secondary N) is 1. The lowest BCUT2D eigenvalue weighted by atomic mass is 9.78. The van der Waals surface area contributed by atoms with Crippen LogP contribution in [0, 0.1) is 11.8 Å². The number of nitrogens with zero attached hydrogens (tertiary/aromatic N) is 2. The molecule has 0 amide bonds. The van der Waals surface area contributed by atoms with Crippen molar-refractivity contribution in [2.45, 2.75) is 32.2 Å². The van der Waals surface area contributed by atoms with Crippen LogP contribution in [-0.2, 0) is 6.54 Å². The van der Waals surface area contributed by atoms with E-state index in [0.29, 0.717) is 0 Å². The average Bonchev–Trinajstić information content (AvgIpc) is 2.78. The maximum Gasteiger partial charge on any atom is 0.185 e. The van der Waals surface area contributed by atoms with Crippen molar-refractivity contribution in [2.75, 3.05) is 25.0 Å². The van der Waals surface area contributed by atoms with Crippen molar-refractivity contribution in [3.8, 4) is 0 Å². The Kier molecular flexibility index (Phi) is 3.34. The van der Waals surface area contributed by atoms with Crippen molar-refractivity contribution in [1.29, 1.82) is 0 Å². The van der Waals surface area contributed by atoms with Crippen LogP contribution in [0.25, 0.3) is 0 Å². The van der Waals surface area contributed by atoms with E-state index in [0.717, 1.165) is 18.4 Å². The van der Waals surface area contributed by atoms with Crippen molar-refractivity contribution in [3.05, 3.63) is 11.1 Å². The van der Waals surface area contributed by atoms with Gasteiger partial charge >= 0.3 is 0 Å². The Morgan fingerprint density at radius 1 is 1.41 bits per heavy atom. The van der Waals surface area contributed by atoms with Gasteiger partial charge in [0, 0.05) is 30.7 Å². The van der Waals surface area contributed by atoms with Gasteiger partial charge in [-0.2, -0.15) is 0 Å². The monoisotopic (exact) mass is 251 g/mol. The molecule has 1 aliphatic heterocycles. The summed E-state index contributed by atoms with van der Waals surface area (Å²) in [6.45, 7) is 3.42. The number of thiazole rings is 1. The lowest BCUT2D eigenvalue weighted by Gasteiger charge is -2.41. The van der Waals surface area contributed by atoms with Crippen LogP contribution in [0.1, 0.15) is 30.6 Å². The molecule has 1 N–H and O–H groups in total. The second-order valence-corrected chi connectivity index (χ2v) is 6.54. The van der Waals surface area contributed by atoms with Crippen LogP contribution in [0.5, 0.6) is 0 Å². The lowest BCUT2D eigenvalue weighted by molar-refractivity contribution is 0.231. The van der Waals surface area contributed by atoms with E-state index in [9.17, 15) is 0 Å². The molecule has 1 saturated carbocycles. The van der Waals surface area contributed by atoms with Crippen molar-refractivity contribution < 1.29 is 0 Å². The fraction of sp³-hybridized carbons (Fsp3) is 0.769. The van der Waals surface area contributed by atoms with Gasteiger partial charge in [-0.25, -0.2) is 4.98 Å². The normalized spacial score (nSPS) is 28.4. The third-order valence-corrected chi connectivity index (χ3v) is 5.07. The first kappa shape index (κ1) is 11.5. The van der Waals surface area contributed by atoms with Gasteiger partial charge in [-0.1, -0.05) is 6.42 Å². The standard InChI is InChI=1S/C13H21N3S/c1-14-6-12-7-15-13(17-12)16-8-10-3-2-4-11(5-10)9-16/h7,10-11,14H,2-6,8-9H2,1H3. The van der Waals surface area contributed by atoms with Gasteiger partial charge < -0.3 is 10.2 Å². The Morgan fingerprint density at radius 2 is 2.18 bits per heavy atom. The highest BCUT2D eigenvalue weighted by Crippen LogP contribution is 2.37. The summed E-state index contributed by atoms with van der Waals surface area (Å²) in [7, 11) is 1.99. The molecule has 0 aromatic carbocycles. The Hall–Kier alpha value is -0.610. The fourth-order valence-corrected chi connectivity index (χ4v) is 4.23. The number of hydrogen-bond acceptors (Lipinski definition) is 4. The molecule has 0 spiro atoms. The van der Waals surface area contributed by atoms with Gasteiger partial charge in [-0.3, -0.25) is 0 Å². The third kappa shape index (κ3) is 2.47. The molecule has 3 rings (SSSR count). The highest BCUT2D eigenvalue weighted by molar-refractivity contribution is 7.15. The summed E-state index contributed by atoms with van der Waals surface area (Å²) in [6, 6.07) is 0. The fourth-order valence-electron chi connectivity index (χ4n) is 3.29. The molecule has 17 heavy (non-hydrogen) atoms. The Labute approximate surface area is 107 Å². The zero-order valence-electron chi connectivity index (χ0n) is 10.5. The molecule has 2 aliphatic rings. The first-order chi connectivity index (χ1) is 8.35. The van der Waals surface area contributed by atoms with E-state index < -0.39 is 0 Å². The molecule has 2 fully saturated rings. The molecule has 2 bridgehead atoms. The molecule has 1 aromatic rings. The average molecular weight is 251 g/mol. The first-order valence-corrected chi connectivity index (χ1v) is 7.51. The molecular weight excluding hydrogens is 230 g/mol. The highest BCUT2D eigenvalue weighted by Gasteiger charge is 2.31. The molecule has 4 heteroatoms. The maximum absolute atomic E-state index is 4.59. The van der Waals surface area contributed by atoms with Crippen molar-refractivity contribution in [3.63, 3.8) is 0 Å². The van der Waals surface area contributed by atoms with Crippen LogP contribution in [0.15, 0.2) is 6.20 Å². The summed E-state index contributed by atoms with van der Waals surface area (Å²) < 4.78 is 0. The minimum Gasteiger partial charge on any atom is -0.348 e. The molecule has 2 atom stereocenters. The molecule has 94 valence electrons. The summed E-state index contributed by atoms with van der Waals surface area (Å²) in [5, 5.41) is 4.43. The maximum atomic E-state index is 4.59. The van der Waals surface area contributed by atoms with Gasteiger partial charge in [0.05, 0.1) is 0 Å². The number of hydrogen-bond donors (Lipinski definition) is 1. The number of anilines is 1. The Bertz CT molecular complexity index is 364. The number of fused-ring (bicyclic) bond motifs is 2. The van der Waals surface area contributed by atoms with E-state index in [1.54, 1.807) is 0 Å². The third-order valence-electron chi connectivity index (χ3n) is 4.01. The predicted molar refractivity (Wildman–Crippen MR) is 72.5 cm³/mol. The van der Waals surface area contributed by atoms with Gasteiger partial charge in [-0.15, -0.1) is 11.3 Å². The second-order valence-electron chi connectivity index (χ2n) is 5.44. The van der Waals surface area contributed by atoms with Crippen LogP contribution in [0.4, 0.5) is 5.13 Å². The first-order valence-electron chi connectivity index (χ1n) is 6.69. The molecule has 1 saturated heterocycles. The minimum atomic E-state index is 0.930. The van der Waals surface area contributed by atoms with E-state index >= 15 is 0 Å². The van der Waals surface area contributed by atoms with Gasteiger partial charge in [0.2, 0.25) is 0 Å². The lowest BCUT2D eigenvalue weighted by Crippen LogP contribution is -2.42. The Morgan fingerprint density at radius 3 is 2.88 bits per heavy atom. The van der Waals surface area contributed by atoms with Gasteiger partial charge in [0.1, 0.15) is 0 Å². The predicted octanol–water partition coefficient (Wildman–Crippen LogP) is 2.49. The molecule has 3 nitrogen and oxygen atoms in total. The highest BCUT2D eigenvalue weighted by atomic mass is 32.1. The van der Waals surface area contributed by atoms with Crippen molar-refractivity contribution >= 4 is 16.5 Å². The number of rotatable bonds is 3. The molecule has 2 unspecified atom stereocenters. The summed E-state index contributed by atoms with van der Waals surface area (Å²) in [6.07, 6.45) is 7.81. The number of aromatic nitrogens is 1. The summed E-state index contributed by atoms with van der Waals surface area (Å²) in [5.41, 5.74) is 0. The Balaban J connectivity index is 1.70. The van der Waals surface area contributed by atoms with E-state index in [4.69, 9.17) is 0 Å². The second kappa shape index (κ2) is 4.94. The molecule has 1 aliphatic carbocycles. The van der Waals surface area contributed by atoms with Gasteiger partial charge in [0.25, 0.3) is 0 Å². The van der Waals surface area contributed by atoms with E-state index in [2.05, 4.69) is 15.2 Å². The molecule has 1 aromatic heterocycles. The quantitative estimate of drug-likeness (QED) is 0.894. The number of piperidine rings is 1. The van der Waals surface area contributed by atoms with Crippen molar-refractivity contribution in [2.24, 2.45) is 11.8 Å². The van der Waals surface area contributed by atoms with Crippen molar-refractivity contribution in [1.82, 2.24) is 10.3 Å². The van der Waals surface area contributed by atoms with Gasteiger partial charge in [0.15, 0.2) is 5.13 Å². The van der Waals surface area contributed by atoms with E-state index in [1.807, 2.05) is 24.6 Å². The zero-order valence-corrected chi connectivity index (χ0v) is 11.3. The minimum absolute atomic E-state index is 0.930. The molecular formula is C13H21N3S. The summed E-state index contributed by atoms with van der Waals surface area (Å²) in [5.74, 6) is 1.86. The van der Waals surface area contributed by atoms with Crippen LogP contribution in [0.3, 0.4) is 0 Å². The van der Waals surface area contributed by atoms with E-state index in [-0.39, 0.29) is 0 Å². The SMILES string of the molecule is CNCc1cnc(N2CC3CCCC(C3)C2)s1. The smallest absolute Gasteiger partial charge is 0.185 e. The molecule has 0 radical (unpaired) electrons. The topological polar surface area (TPSA) is 28.2 Å².